The summed E-state index contributed by atoms with van der Waals surface area (Å²) in [5.74, 6) is 1.67. The zero-order valence-corrected chi connectivity index (χ0v) is 14.3. The Kier molecular flexibility index (Phi) is 5.77. The fourth-order valence-electron chi connectivity index (χ4n) is 3.31. The van der Waals surface area contributed by atoms with E-state index >= 15 is 0 Å². The Hall–Kier alpha value is -0.0100. The van der Waals surface area contributed by atoms with Gasteiger partial charge in [-0.2, -0.15) is 0 Å². The van der Waals surface area contributed by atoms with E-state index in [9.17, 15) is 0 Å². The van der Waals surface area contributed by atoms with Gasteiger partial charge < -0.3 is 0 Å². The molecule has 1 saturated carbocycles. The first kappa shape index (κ1) is 15.4. The van der Waals surface area contributed by atoms with E-state index in [2.05, 4.69) is 48.0 Å². The summed E-state index contributed by atoms with van der Waals surface area (Å²) < 4.78 is 0. The SMILES string of the molecule is CCCC1CCC(Br)C(Cc2ccc(C)cc2Cl)C1. The van der Waals surface area contributed by atoms with Crippen LogP contribution in [0.4, 0.5) is 0 Å². The molecule has 0 aromatic heterocycles. The lowest BCUT2D eigenvalue weighted by molar-refractivity contribution is 0.263. The molecule has 1 aliphatic rings. The molecular formula is C17H24BrCl. The summed E-state index contributed by atoms with van der Waals surface area (Å²) in [5, 5.41) is 0.942. The van der Waals surface area contributed by atoms with Gasteiger partial charge in [0, 0.05) is 9.85 Å². The number of rotatable bonds is 4. The molecule has 1 aliphatic carbocycles. The minimum Gasteiger partial charge on any atom is -0.0888 e. The molecule has 0 saturated heterocycles. The van der Waals surface area contributed by atoms with Gasteiger partial charge in [0.1, 0.15) is 0 Å². The standard InChI is InChI=1S/C17H24BrCl/c1-3-4-13-6-8-16(18)15(10-13)11-14-7-5-12(2)9-17(14)19/h5,7,9,13,15-16H,3-4,6,8,10-11H2,1-2H3. The van der Waals surface area contributed by atoms with Gasteiger partial charge in [0.2, 0.25) is 0 Å². The maximum Gasteiger partial charge on any atom is 0.0440 e. The highest BCUT2D eigenvalue weighted by atomic mass is 79.9. The quantitative estimate of drug-likeness (QED) is 0.573. The Morgan fingerprint density at radius 3 is 2.79 bits per heavy atom. The second-order valence-corrected chi connectivity index (χ2v) is 7.63. The van der Waals surface area contributed by atoms with E-state index in [4.69, 9.17) is 11.6 Å². The monoisotopic (exact) mass is 342 g/mol. The van der Waals surface area contributed by atoms with E-state index in [-0.39, 0.29) is 0 Å². The third-order valence-electron chi connectivity index (χ3n) is 4.39. The Labute approximate surface area is 131 Å². The van der Waals surface area contributed by atoms with Crippen LogP contribution in [0.1, 0.15) is 50.2 Å². The Balaban J connectivity index is 2.03. The summed E-state index contributed by atoms with van der Waals surface area (Å²) in [6, 6.07) is 6.48. The van der Waals surface area contributed by atoms with Crippen molar-refractivity contribution in [1.82, 2.24) is 0 Å². The third-order valence-corrected chi connectivity index (χ3v) is 5.94. The number of hydrogen-bond donors (Lipinski definition) is 0. The van der Waals surface area contributed by atoms with Crippen LogP contribution < -0.4 is 0 Å². The minimum absolute atomic E-state index is 0.665. The molecule has 0 radical (unpaired) electrons. The highest BCUT2D eigenvalue weighted by molar-refractivity contribution is 9.09. The number of alkyl halides is 1. The maximum atomic E-state index is 6.38. The predicted octanol–water partition coefficient (Wildman–Crippen LogP) is 6.17. The van der Waals surface area contributed by atoms with Gasteiger partial charge in [-0.15, -0.1) is 0 Å². The summed E-state index contributed by atoms with van der Waals surface area (Å²) in [4.78, 5) is 0.665. The van der Waals surface area contributed by atoms with Crippen LogP contribution in [0.3, 0.4) is 0 Å². The van der Waals surface area contributed by atoms with E-state index in [1.165, 1.54) is 43.2 Å². The first-order valence-corrected chi connectivity index (χ1v) is 8.78. The van der Waals surface area contributed by atoms with Crippen molar-refractivity contribution in [3.63, 3.8) is 0 Å². The van der Waals surface area contributed by atoms with E-state index < -0.39 is 0 Å². The average molecular weight is 344 g/mol. The fourth-order valence-corrected chi connectivity index (χ4v) is 4.29. The van der Waals surface area contributed by atoms with Gasteiger partial charge in [-0.25, -0.2) is 0 Å². The molecule has 0 spiro atoms. The average Bonchev–Trinajstić information content (AvgIpc) is 2.37. The molecule has 0 heterocycles. The normalized spacial score (nSPS) is 27.5. The van der Waals surface area contributed by atoms with Crippen molar-refractivity contribution in [2.75, 3.05) is 0 Å². The van der Waals surface area contributed by atoms with Gasteiger partial charge in [-0.1, -0.05) is 59.4 Å². The smallest absolute Gasteiger partial charge is 0.0440 e. The highest BCUT2D eigenvalue weighted by Crippen LogP contribution is 2.38. The summed E-state index contributed by atoms with van der Waals surface area (Å²) >= 11 is 10.3. The summed E-state index contributed by atoms with van der Waals surface area (Å²) in [5.41, 5.74) is 2.57. The van der Waals surface area contributed by atoms with Crippen LogP contribution in [0, 0.1) is 18.8 Å². The Bertz CT molecular complexity index is 416. The van der Waals surface area contributed by atoms with Gasteiger partial charge in [0.05, 0.1) is 0 Å². The molecule has 19 heavy (non-hydrogen) atoms. The van der Waals surface area contributed by atoms with Crippen LogP contribution in [0.25, 0.3) is 0 Å². The lowest BCUT2D eigenvalue weighted by Crippen LogP contribution is -2.26. The number of halogens is 2. The Morgan fingerprint density at radius 1 is 1.32 bits per heavy atom. The molecule has 2 rings (SSSR count). The van der Waals surface area contributed by atoms with Crippen LogP contribution >= 0.6 is 27.5 Å². The topological polar surface area (TPSA) is 0 Å². The zero-order chi connectivity index (χ0) is 13.8. The summed E-state index contributed by atoms with van der Waals surface area (Å²) in [7, 11) is 0. The molecule has 0 aliphatic heterocycles. The van der Waals surface area contributed by atoms with E-state index in [0.29, 0.717) is 4.83 Å². The van der Waals surface area contributed by atoms with Crippen molar-refractivity contribution in [1.29, 1.82) is 0 Å². The molecule has 0 amide bonds. The number of aryl methyl sites for hydroxylation is 1. The maximum absolute atomic E-state index is 6.38. The molecule has 1 aromatic rings. The van der Waals surface area contributed by atoms with Crippen molar-refractivity contribution >= 4 is 27.5 Å². The van der Waals surface area contributed by atoms with Crippen molar-refractivity contribution < 1.29 is 0 Å². The first-order valence-electron chi connectivity index (χ1n) is 7.49. The molecule has 3 unspecified atom stereocenters. The van der Waals surface area contributed by atoms with Crippen LogP contribution in [0.5, 0.6) is 0 Å². The molecule has 2 heteroatoms. The van der Waals surface area contributed by atoms with Crippen molar-refractivity contribution in [3.8, 4) is 0 Å². The van der Waals surface area contributed by atoms with Crippen molar-refractivity contribution in [2.24, 2.45) is 11.8 Å². The minimum atomic E-state index is 0.665. The van der Waals surface area contributed by atoms with Gasteiger partial charge in [0.25, 0.3) is 0 Å². The molecule has 0 nitrogen and oxygen atoms in total. The molecule has 0 bridgehead atoms. The van der Waals surface area contributed by atoms with E-state index in [1.807, 2.05) is 0 Å². The molecule has 106 valence electrons. The van der Waals surface area contributed by atoms with Crippen LogP contribution in [-0.2, 0) is 6.42 Å². The first-order chi connectivity index (χ1) is 9.10. The predicted molar refractivity (Wildman–Crippen MR) is 88.3 cm³/mol. The van der Waals surface area contributed by atoms with Gasteiger partial charge in [-0.05, 0) is 61.6 Å². The number of benzene rings is 1. The second-order valence-electron chi connectivity index (χ2n) is 6.04. The lowest BCUT2D eigenvalue weighted by Gasteiger charge is -2.33. The number of hydrogen-bond acceptors (Lipinski definition) is 0. The largest absolute Gasteiger partial charge is 0.0888 e. The summed E-state index contributed by atoms with van der Waals surface area (Å²) in [6.07, 6.45) is 7.89. The van der Waals surface area contributed by atoms with Crippen LogP contribution in [-0.4, -0.2) is 4.83 Å². The second kappa shape index (κ2) is 7.13. The third kappa shape index (κ3) is 4.23. The molecule has 3 atom stereocenters. The van der Waals surface area contributed by atoms with Gasteiger partial charge >= 0.3 is 0 Å². The molecule has 0 N–H and O–H groups in total. The summed E-state index contributed by atoms with van der Waals surface area (Å²) in [6.45, 7) is 4.40. The van der Waals surface area contributed by atoms with Crippen molar-refractivity contribution in [2.45, 2.75) is 57.2 Å². The van der Waals surface area contributed by atoms with Gasteiger partial charge in [-0.3, -0.25) is 0 Å². The fraction of sp³-hybridized carbons (Fsp3) is 0.647. The van der Waals surface area contributed by atoms with E-state index in [0.717, 1.165) is 23.3 Å². The Morgan fingerprint density at radius 2 is 2.11 bits per heavy atom. The van der Waals surface area contributed by atoms with Crippen LogP contribution in [0.15, 0.2) is 18.2 Å². The molecular weight excluding hydrogens is 320 g/mol. The highest BCUT2D eigenvalue weighted by Gasteiger charge is 2.28. The van der Waals surface area contributed by atoms with E-state index in [1.54, 1.807) is 0 Å². The zero-order valence-electron chi connectivity index (χ0n) is 12.0. The molecule has 1 aromatic carbocycles. The van der Waals surface area contributed by atoms with Gasteiger partial charge in [0.15, 0.2) is 0 Å². The van der Waals surface area contributed by atoms with Crippen molar-refractivity contribution in [3.05, 3.63) is 34.3 Å². The molecule has 1 fully saturated rings. The lowest BCUT2D eigenvalue weighted by atomic mass is 9.77. The van der Waals surface area contributed by atoms with Crippen LogP contribution in [0.2, 0.25) is 5.02 Å².